The third-order valence-corrected chi connectivity index (χ3v) is 17.4. The van der Waals surface area contributed by atoms with Crippen molar-refractivity contribution >= 4 is 193 Å². The number of nitrogens with two attached hydrogens (primary N) is 1. The lowest BCUT2D eigenvalue weighted by Gasteiger charge is -2.18. The summed E-state index contributed by atoms with van der Waals surface area (Å²) in [6.07, 6.45) is 8.11. The van der Waals surface area contributed by atoms with E-state index in [4.69, 9.17) is 85.2 Å². The number of nitrogens with zero attached hydrogens (tertiary/aromatic N) is 3. The third kappa shape index (κ3) is 30.5. The molecule has 7 amide bonds. The van der Waals surface area contributed by atoms with E-state index in [0.717, 1.165) is 105 Å². The highest BCUT2D eigenvalue weighted by Crippen LogP contribution is 2.28. The smallest absolute Gasteiger partial charge is 0.330 e. The number of aromatic nitrogens is 3. The molecule has 0 saturated carbocycles. The number of esters is 2. The van der Waals surface area contributed by atoms with Gasteiger partial charge in [0.15, 0.2) is 0 Å². The molecule has 3 aromatic carbocycles. The van der Waals surface area contributed by atoms with E-state index in [2.05, 4.69) is 72.9 Å². The Kier molecular flexibility index (Phi) is 41.5. The van der Waals surface area contributed by atoms with Gasteiger partial charge in [-0.3, -0.25) is 38.4 Å². The molecule has 0 aliphatic carbocycles. The lowest BCUT2D eigenvalue weighted by atomic mass is 10.1. The Bertz CT molecular complexity index is 4040. The molecule has 3 aromatic heterocycles. The molecule has 0 fully saturated rings. The Balaban J connectivity index is 0.000000388. The molecule has 3 aliphatic heterocycles. The summed E-state index contributed by atoms with van der Waals surface area (Å²) in [5.41, 5.74) is 11.4. The number of carboxylic acids is 2. The van der Waals surface area contributed by atoms with Crippen LogP contribution in [0.4, 0.5) is 17.5 Å². The molecule has 0 unspecified atom stereocenters. The van der Waals surface area contributed by atoms with Crippen LogP contribution in [0.2, 0.25) is 30.1 Å². The summed E-state index contributed by atoms with van der Waals surface area (Å²) >= 11 is 35.8. The summed E-state index contributed by atoms with van der Waals surface area (Å²) in [4.78, 5) is 144. The predicted octanol–water partition coefficient (Wildman–Crippen LogP) is 6.70. The summed E-state index contributed by atoms with van der Waals surface area (Å²) in [6, 6.07) is 21.9. The average molecular weight is 1660 g/mol. The zero-order chi connectivity index (χ0) is 75.8. The van der Waals surface area contributed by atoms with Crippen LogP contribution in [0.1, 0.15) is 103 Å². The van der Waals surface area contributed by atoms with Crippen LogP contribution < -0.4 is 58.9 Å². The summed E-state index contributed by atoms with van der Waals surface area (Å²) < 4.78 is 9.20. The van der Waals surface area contributed by atoms with E-state index in [1.54, 1.807) is 18.2 Å². The highest BCUT2D eigenvalue weighted by molar-refractivity contribution is 7.59. The van der Waals surface area contributed by atoms with Gasteiger partial charge in [0.05, 0.1) is 80.6 Å². The number of rotatable bonds is 27. The number of nitrogens with one attached hydrogen (secondary N) is 10. The molecule has 3 aliphatic rings. The van der Waals surface area contributed by atoms with Gasteiger partial charge in [0.2, 0.25) is 23.6 Å². The summed E-state index contributed by atoms with van der Waals surface area (Å²) in [7, 11) is 2.36. The lowest BCUT2D eigenvalue weighted by molar-refractivity contribution is -0.143. The van der Waals surface area contributed by atoms with Crippen LogP contribution in [0, 0.1) is 0 Å². The largest absolute Gasteiger partial charge is 0.481 e. The first-order valence-corrected chi connectivity index (χ1v) is 34.9. The third-order valence-electron chi connectivity index (χ3n) is 15.6. The first-order valence-electron chi connectivity index (χ1n) is 32.6. The number of halogens is 6. The fourth-order valence-electron chi connectivity index (χ4n) is 10.1. The van der Waals surface area contributed by atoms with Gasteiger partial charge >= 0.3 is 23.9 Å². The summed E-state index contributed by atoms with van der Waals surface area (Å²) in [5.74, 6) is -4.77. The average Bonchev–Trinajstić information content (AvgIpc) is 1.04. The first-order chi connectivity index (χ1) is 49.8. The van der Waals surface area contributed by atoms with Gasteiger partial charge in [0, 0.05) is 75.6 Å². The predicted molar refractivity (Wildman–Crippen MR) is 423 cm³/mol. The number of fused-ring (bicyclic) bond motifs is 3. The molecule has 6 aromatic rings. The number of pyridine rings is 3. The monoisotopic (exact) mass is 1650 g/mol. The number of methoxy groups -OCH3 is 2. The number of benzene rings is 3. The maximum atomic E-state index is 12.6. The van der Waals surface area contributed by atoms with E-state index in [0.29, 0.717) is 19.3 Å². The SMILES string of the molecule is COC(=O)[C@H](CN)NC(=O)c1c(Cl)cccc1Cl.COC(=O)[C@H](CNC(=O)CNC(=O)CCc1ccc2c(n1)NCCC2)NC(=O)c1c(Cl)cccc1Cl.O=C(CCc1ccc2c(n1)NCCC2)NCC(=O)NC[C@H](NC(=O)c1c(Cl)cccc1Cl)C(=O)O.O=C(O)CCc1ccc2c(n1)NCCC2.S.S.S. The van der Waals surface area contributed by atoms with Crippen LogP contribution in [0.15, 0.2) is 91.0 Å². The van der Waals surface area contributed by atoms with Gasteiger partial charge in [0.1, 0.15) is 35.6 Å². The quantitative estimate of drug-likeness (QED) is 0.0239. The van der Waals surface area contributed by atoms with Crippen molar-refractivity contribution in [1.29, 1.82) is 0 Å². The van der Waals surface area contributed by atoms with E-state index in [1.807, 2.05) is 36.4 Å². The van der Waals surface area contributed by atoms with Crippen molar-refractivity contribution in [2.24, 2.45) is 5.73 Å². The van der Waals surface area contributed by atoms with Gasteiger partial charge in [-0.1, -0.05) is 106 Å². The minimum absolute atomic E-state index is 0. The number of carbonyl (C=O) groups is 11. The second-order valence-corrected chi connectivity index (χ2v) is 25.5. The second-order valence-electron chi connectivity index (χ2n) is 23.1. The highest BCUT2D eigenvalue weighted by Gasteiger charge is 2.28. The number of carboxylic acid groups (broad SMARTS) is 2. The number of amides is 7. The minimum Gasteiger partial charge on any atom is -0.481 e. The van der Waals surface area contributed by atoms with Crippen molar-refractivity contribution in [3.8, 4) is 0 Å². The second kappa shape index (κ2) is 48.0. The summed E-state index contributed by atoms with van der Waals surface area (Å²) in [6.45, 7) is 1.34. The molecular weight excluding hydrogens is 1570 g/mol. The van der Waals surface area contributed by atoms with Crippen LogP contribution in [-0.4, -0.2) is 175 Å². The van der Waals surface area contributed by atoms with E-state index in [9.17, 15) is 57.8 Å². The van der Waals surface area contributed by atoms with Gasteiger partial charge in [-0.05, 0) is 123 Å². The number of anilines is 3. The molecule has 0 bridgehead atoms. The zero-order valence-electron chi connectivity index (χ0n) is 57.9. The van der Waals surface area contributed by atoms with Crippen LogP contribution >= 0.6 is 110 Å². The Labute approximate surface area is 667 Å². The fourth-order valence-corrected chi connectivity index (χ4v) is 11.8. The molecule has 9 rings (SSSR count). The van der Waals surface area contributed by atoms with Gasteiger partial charge in [-0.15, -0.1) is 0 Å². The number of hydrogen-bond donors (Lipinski definition) is 13. The normalized spacial score (nSPS) is 12.6. The Morgan fingerprint density at radius 2 is 0.748 bits per heavy atom. The van der Waals surface area contributed by atoms with Crippen molar-refractivity contribution in [2.75, 3.05) is 82.5 Å². The van der Waals surface area contributed by atoms with Crippen LogP contribution in [-0.2, 0) is 86.4 Å². The maximum Gasteiger partial charge on any atom is 0.330 e. The van der Waals surface area contributed by atoms with Crippen molar-refractivity contribution < 1.29 is 72.4 Å². The number of hydrogen-bond acceptors (Lipinski definition) is 20. The molecule has 0 spiro atoms. The molecule has 6 heterocycles. The van der Waals surface area contributed by atoms with E-state index in [1.165, 1.54) is 54.6 Å². The standard InChI is InChI=1S/C24H27Cl2N5O5.C23H25Cl2N5O5.C11H12Cl2N2O3.C11H14N2O2.3H2S/c1-36-24(35)18(31-23(34)21-16(25)5-2-6-17(21)26)12-28-20(33)13-29-19(32)10-9-15-8-7-14-4-3-11-27-22(14)30-15;24-15-4-1-5-16(25)20(15)22(33)30-17(23(34)35)11-27-19(32)12-28-18(31)9-8-14-7-6-13-3-2-10-26-21(13)29-14;1-18-11(17)8(5-14)15-10(16)9-6(12)3-2-4-7(9)13;14-10(15)6-5-9-4-3-8-2-1-7-12-11(8)13-9;;;/h2,5-8,18H,3-4,9-13H2,1H3,(H,27,30)(H,28,33)(H,29,32)(H,31,34);1,4-7,17H,2-3,8-12H2,(H,26,29)(H,27,32)(H,28,31)(H,30,33)(H,34,35);2-4,8H,5,14H2,1H3,(H,15,16);3-4H,1-2,5-7H2,(H,12,13)(H,14,15);3*1H2/t18-;17-;8-;;;;/m000..../s1. The number of aryl methyl sites for hydroxylation is 6. The highest BCUT2D eigenvalue weighted by atomic mass is 35.5. The van der Waals surface area contributed by atoms with Crippen LogP contribution in [0.25, 0.3) is 0 Å². The molecular formula is C69H84Cl6N14O15S3. The maximum absolute atomic E-state index is 12.6. The Hall–Kier alpha value is -8.57. The van der Waals surface area contributed by atoms with E-state index >= 15 is 0 Å². The minimum atomic E-state index is -1.43. The molecule has 3 atom stereocenters. The van der Waals surface area contributed by atoms with E-state index in [-0.39, 0.29) is 145 Å². The number of ether oxygens (including phenoxy) is 2. The molecule has 107 heavy (non-hydrogen) atoms. The van der Waals surface area contributed by atoms with Crippen molar-refractivity contribution in [2.45, 2.75) is 95.2 Å². The molecule has 14 N–H and O–H groups in total. The summed E-state index contributed by atoms with van der Waals surface area (Å²) in [5, 5.41) is 45.4. The Morgan fingerprint density at radius 1 is 0.439 bits per heavy atom. The Morgan fingerprint density at radius 3 is 1.07 bits per heavy atom. The van der Waals surface area contributed by atoms with Crippen molar-refractivity contribution in [3.05, 3.63) is 172 Å². The van der Waals surface area contributed by atoms with Gasteiger partial charge < -0.3 is 78.6 Å². The number of aliphatic carboxylic acids is 2. The molecule has 580 valence electrons. The van der Waals surface area contributed by atoms with Crippen molar-refractivity contribution in [1.82, 2.24) is 52.2 Å². The molecule has 29 nitrogen and oxygen atoms in total. The van der Waals surface area contributed by atoms with Gasteiger partial charge in [-0.2, -0.15) is 40.5 Å². The van der Waals surface area contributed by atoms with Gasteiger partial charge in [-0.25, -0.2) is 29.3 Å². The zero-order valence-corrected chi connectivity index (χ0v) is 65.5. The molecule has 0 radical (unpaired) electrons. The van der Waals surface area contributed by atoms with Gasteiger partial charge in [0.25, 0.3) is 17.7 Å². The van der Waals surface area contributed by atoms with E-state index < -0.39 is 78.1 Å². The topological polar surface area (TPSA) is 432 Å². The van der Waals surface area contributed by atoms with Crippen LogP contribution in [0.3, 0.4) is 0 Å². The number of carbonyl (C=O) groups excluding carboxylic acids is 9. The lowest BCUT2D eigenvalue weighted by Crippen LogP contribution is -2.50. The molecule has 38 heteroatoms. The van der Waals surface area contributed by atoms with Crippen molar-refractivity contribution in [3.63, 3.8) is 0 Å². The fraction of sp³-hybridized carbons (Fsp3) is 0.362. The molecule has 0 saturated heterocycles. The van der Waals surface area contributed by atoms with Crippen LogP contribution in [0.5, 0.6) is 0 Å². The first kappa shape index (κ1) is 92.6.